The number of hydrogen-bond acceptors (Lipinski definition) is 4. The Bertz CT molecular complexity index is 628. The fourth-order valence-electron chi connectivity index (χ4n) is 2.64. The quantitative estimate of drug-likeness (QED) is 0.782. The highest BCUT2D eigenvalue weighted by atomic mass is 32.2. The fourth-order valence-corrected chi connectivity index (χ4v) is 3.81. The third kappa shape index (κ3) is 4.94. The van der Waals surface area contributed by atoms with Crippen molar-refractivity contribution < 1.29 is 17.9 Å². The van der Waals surface area contributed by atoms with Crippen LogP contribution in [0.3, 0.4) is 0 Å². The molecule has 0 spiro atoms. The number of carbonyl (C=O) groups excluding carboxylic acids is 1. The number of ether oxygens (including phenoxy) is 1. The van der Waals surface area contributed by atoms with Crippen LogP contribution in [0.15, 0.2) is 24.3 Å². The Labute approximate surface area is 137 Å². The molecule has 1 N–H and O–H groups in total. The van der Waals surface area contributed by atoms with Gasteiger partial charge in [-0.3, -0.25) is 4.79 Å². The normalized spacial score (nSPS) is 18.4. The fraction of sp³-hybridized carbons (Fsp3) is 0.562. The molecule has 7 heteroatoms. The molecular formula is C16H24N2O4S. The number of rotatable bonds is 8. The van der Waals surface area contributed by atoms with E-state index in [9.17, 15) is 13.2 Å². The number of nitrogens with zero attached hydrogens (tertiary/aromatic N) is 1. The van der Waals surface area contributed by atoms with Gasteiger partial charge >= 0.3 is 0 Å². The molecule has 2 rings (SSSR count). The molecule has 1 aliphatic rings. The van der Waals surface area contributed by atoms with Crippen LogP contribution in [0, 0.1) is 5.92 Å². The summed E-state index contributed by atoms with van der Waals surface area (Å²) in [5.41, 5.74) is 0.817. The monoisotopic (exact) mass is 340 g/mol. The standard InChI is InChI=1S/C16H24N2O4S/c1-3-9-23(20,21)17-11-13-10-16(19)18(12-13)14-5-7-15(8-6-14)22-4-2/h5-8,13,17H,3-4,9-12H2,1-2H3/t13-/m1/s1. The highest BCUT2D eigenvalue weighted by Crippen LogP contribution is 2.26. The number of nitrogens with one attached hydrogen (secondary N) is 1. The number of anilines is 1. The Morgan fingerprint density at radius 3 is 2.57 bits per heavy atom. The highest BCUT2D eigenvalue weighted by molar-refractivity contribution is 7.89. The van der Waals surface area contributed by atoms with Gasteiger partial charge in [-0.2, -0.15) is 0 Å². The summed E-state index contributed by atoms with van der Waals surface area (Å²) >= 11 is 0. The Morgan fingerprint density at radius 2 is 1.96 bits per heavy atom. The van der Waals surface area contributed by atoms with Crippen molar-refractivity contribution in [2.45, 2.75) is 26.7 Å². The minimum atomic E-state index is -3.23. The molecule has 1 amide bonds. The van der Waals surface area contributed by atoms with Gasteiger partial charge in [-0.1, -0.05) is 6.92 Å². The van der Waals surface area contributed by atoms with Gasteiger partial charge in [-0.25, -0.2) is 13.1 Å². The zero-order chi connectivity index (χ0) is 16.9. The van der Waals surface area contributed by atoms with Gasteiger partial charge in [0.05, 0.1) is 12.4 Å². The molecule has 1 aromatic rings. The molecule has 1 atom stereocenters. The second-order valence-electron chi connectivity index (χ2n) is 5.67. The molecule has 128 valence electrons. The first-order chi connectivity index (χ1) is 10.9. The average Bonchev–Trinajstić information content (AvgIpc) is 2.88. The number of benzene rings is 1. The third-order valence-electron chi connectivity index (χ3n) is 3.73. The predicted octanol–water partition coefficient (Wildman–Crippen LogP) is 1.77. The molecule has 0 unspecified atom stereocenters. The van der Waals surface area contributed by atoms with Crippen LogP contribution in [-0.2, 0) is 14.8 Å². The van der Waals surface area contributed by atoms with Gasteiger partial charge in [0.15, 0.2) is 0 Å². The lowest BCUT2D eigenvalue weighted by Crippen LogP contribution is -2.32. The maximum atomic E-state index is 12.2. The summed E-state index contributed by atoms with van der Waals surface area (Å²) in [7, 11) is -3.23. The first-order valence-corrected chi connectivity index (χ1v) is 9.61. The predicted molar refractivity (Wildman–Crippen MR) is 90.2 cm³/mol. The Hall–Kier alpha value is -1.60. The van der Waals surface area contributed by atoms with Gasteiger partial charge in [0, 0.05) is 25.2 Å². The van der Waals surface area contributed by atoms with Gasteiger partial charge in [-0.05, 0) is 43.5 Å². The molecule has 6 nitrogen and oxygen atoms in total. The van der Waals surface area contributed by atoms with E-state index >= 15 is 0 Å². The first-order valence-electron chi connectivity index (χ1n) is 7.95. The van der Waals surface area contributed by atoms with E-state index < -0.39 is 10.0 Å². The molecule has 0 radical (unpaired) electrons. The zero-order valence-electron chi connectivity index (χ0n) is 13.6. The molecular weight excluding hydrogens is 316 g/mol. The van der Waals surface area contributed by atoms with Crippen LogP contribution in [0.5, 0.6) is 5.75 Å². The Kier molecular flexibility index (Phi) is 6.01. The highest BCUT2D eigenvalue weighted by Gasteiger charge is 2.31. The van der Waals surface area contributed by atoms with Crippen molar-refractivity contribution in [3.05, 3.63) is 24.3 Å². The van der Waals surface area contributed by atoms with Gasteiger partial charge in [0.25, 0.3) is 0 Å². The van der Waals surface area contributed by atoms with Crippen molar-refractivity contribution in [3.63, 3.8) is 0 Å². The molecule has 0 aromatic heterocycles. The second-order valence-corrected chi connectivity index (χ2v) is 7.60. The molecule has 1 aromatic carbocycles. The van der Waals surface area contributed by atoms with Crippen molar-refractivity contribution in [1.29, 1.82) is 0 Å². The van der Waals surface area contributed by atoms with Crippen LogP contribution in [0.4, 0.5) is 5.69 Å². The van der Waals surface area contributed by atoms with Crippen LogP contribution in [0.2, 0.25) is 0 Å². The topological polar surface area (TPSA) is 75.7 Å². The van der Waals surface area contributed by atoms with Crippen molar-refractivity contribution in [3.8, 4) is 5.75 Å². The van der Waals surface area contributed by atoms with Crippen LogP contribution in [-0.4, -0.2) is 39.8 Å². The van der Waals surface area contributed by atoms with Gasteiger partial charge in [-0.15, -0.1) is 0 Å². The minimum Gasteiger partial charge on any atom is -0.494 e. The van der Waals surface area contributed by atoms with E-state index in [1.54, 1.807) is 4.90 Å². The van der Waals surface area contributed by atoms with Gasteiger partial charge < -0.3 is 9.64 Å². The van der Waals surface area contributed by atoms with Gasteiger partial charge in [0.1, 0.15) is 5.75 Å². The van der Waals surface area contributed by atoms with E-state index in [-0.39, 0.29) is 17.6 Å². The minimum absolute atomic E-state index is 0.000648. The van der Waals surface area contributed by atoms with E-state index in [1.807, 2.05) is 38.1 Å². The lowest BCUT2D eigenvalue weighted by molar-refractivity contribution is -0.117. The lowest BCUT2D eigenvalue weighted by atomic mass is 10.1. The van der Waals surface area contributed by atoms with Crippen LogP contribution < -0.4 is 14.4 Å². The van der Waals surface area contributed by atoms with E-state index in [0.29, 0.717) is 32.5 Å². The van der Waals surface area contributed by atoms with Crippen LogP contribution in [0.1, 0.15) is 26.7 Å². The second kappa shape index (κ2) is 7.79. The average molecular weight is 340 g/mol. The van der Waals surface area contributed by atoms with Crippen molar-refractivity contribution in [2.24, 2.45) is 5.92 Å². The largest absolute Gasteiger partial charge is 0.494 e. The molecule has 0 saturated carbocycles. The van der Waals surface area contributed by atoms with Crippen LogP contribution >= 0.6 is 0 Å². The van der Waals surface area contributed by atoms with E-state index in [0.717, 1.165) is 11.4 Å². The molecule has 23 heavy (non-hydrogen) atoms. The molecule has 1 fully saturated rings. The molecule has 0 bridgehead atoms. The van der Waals surface area contributed by atoms with Crippen molar-refractivity contribution in [2.75, 3.05) is 30.3 Å². The van der Waals surface area contributed by atoms with Crippen molar-refractivity contribution in [1.82, 2.24) is 4.72 Å². The number of sulfonamides is 1. The molecule has 1 saturated heterocycles. The van der Waals surface area contributed by atoms with E-state index in [1.165, 1.54) is 0 Å². The zero-order valence-corrected chi connectivity index (χ0v) is 14.4. The molecule has 1 aliphatic heterocycles. The number of amides is 1. The maximum absolute atomic E-state index is 12.2. The summed E-state index contributed by atoms with van der Waals surface area (Å²) < 4.78 is 31.4. The summed E-state index contributed by atoms with van der Waals surface area (Å²) in [4.78, 5) is 13.9. The maximum Gasteiger partial charge on any atom is 0.227 e. The van der Waals surface area contributed by atoms with Gasteiger partial charge in [0.2, 0.25) is 15.9 Å². The van der Waals surface area contributed by atoms with E-state index in [4.69, 9.17) is 4.74 Å². The smallest absolute Gasteiger partial charge is 0.227 e. The Morgan fingerprint density at radius 1 is 1.26 bits per heavy atom. The summed E-state index contributed by atoms with van der Waals surface area (Å²) in [6.07, 6.45) is 0.944. The first kappa shape index (κ1) is 17.7. The van der Waals surface area contributed by atoms with Crippen LogP contribution in [0.25, 0.3) is 0 Å². The Balaban J connectivity index is 1.94. The number of carbonyl (C=O) groups is 1. The number of hydrogen-bond donors (Lipinski definition) is 1. The molecule has 0 aliphatic carbocycles. The summed E-state index contributed by atoms with van der Waals surface area (Å²) in [5.74, 6) is 0.914. The van der Waals surface area contributed by atoms with Crippen molar-refractivity contribution >= 4 is 21.6 Å². The summed E-state index contributed by atoms with van der Waals surface area (Å²) in [6.45, 7) is 5.18. The van der Waals surface area contributed by atoms with E-state index in [2.05, 4.69) is 4.72 Å². The lowest BCUT2D eigenvalue weighted by Gasteiger charge is -2.17. The summed E-state index contributed by atoms with van der Waals surface area (Å²) in [5, 5.41) is 0. The summed E-state index contributed by atoms with van der Waals surface area (Å²) in [6, 6.07) is 7.38. The SMILES string of the molecule is CCCS(=O)(=O)NC[C@H]1CC(=O)N(c2ccc(OCC)cc2)C1. The molecule has 1 heterocycles. The third-order valence-corrected chi connectivity index (χ3v) is 5.28.